The van der Waals surface area contributed by atoms with Crippen molar-refractivity contribution in [3.05, 3.63) is 11.7 Å². The SMILES string of the molecule is CCC(OC)c1noc(C(C)(C)NC)n1. The van der Waals surface area contributed by atoms with Crippen molar-refractivity contribution < 1.29 is 9.26 Å². The summed E-state index contributed by atoms with van der Waals surface area (Å²) in [7, 11) is 3.50. The molecule has 1 unspecified atom stereocenters. The predicted molar refractivity (Wildman–Crippen MR) is 56.4 cm³/mol. The van der Waals surface area contributed by atoms with Crippen LogP contribution in [0.5, 0.6) is 0 Å². The van der Waals surface area contributed by atoms with Crippen LogP contribution in [0.4, 0.5) is 0 Å². The van der Waals surface area contributed by atoms with E-state index in [1.807, 2.05) is 27.8 Å². The van der Waals surface area contributed by atoms with Crippen molar-refractivity contribution in [3.63, 3.8) is 0 Å². The molecule has 1 rings (SSSR count). The van der Waals surface area contributed by atoms with Crippen LogP contribution in [0.3, 0.4) is 0 Å². The van der Waals surface area contributed by atoms with Gasteiger partial charge in [-0.15, -0.1) is 0 Å². The van der Waals surface area contributed by atoms with Gasteiger partial charge in [0.1, 0.15) is 6.10 Å². The lowest BCUT2D eigenvalue weighted by Gasteiger charge is -2.18. The van der Waals surface area contributed by atoms with E-state index >= 15 is 0 Å². The first-order valence-corrected chi connectivity index (χ1v) is 5.11. The number of ether oxygens (including phenoxy) is 1. The van der Waals surface area contributed by atoms with Gasteiger partial charge in [0.15, 0.2) is 0 Å². The Bertz CT molecular complexity index is 305. The van der Waals surface area contributed by atoms with E-state index in [2.05, 4.69) is 15.5 Å². The lowest BCUT2D eigenvalue weighted by atomic mass is 10.1. The Labute approximate surface area is 90.2 Å². The van der Waals surface area contributed by atoms with Gasteiger partial charge in [0.2, 0.25) is 11.7 Å². The van der Waals surface area contributed by atoms with Crippen molar-refractivity contribution in [3.8, 4) is 0 Å². The Morgan fingerprint density at radius 3 is 2.67 bits per heavy atom. The molecule has 1 heterocycles. The molecule has 86 valence electrons. The molecule has 0 aliphatic rings. The first-order chi connectivity index (χ1) is 7.05. The summed E-state index contributed by atoms with van der Waals surface area (Å²) in [6, 6.07) is 0. The molecule has 0 fully saturated rings. The van der Waals surface area contributed by atoms with Crippen LogP contribution in [0.15, 0.2) is 4.52 Å². The quantitative estimate of drug-likeness (QED) is 0.805. The van der Waals surface area contributed by atoms with E-state index in [0.29, 0.717) is 11.7 Å². The Balaban J connectivity index is 2.89. The van der Waals surface area contributed by atoms with Crippen LogP contribution < -0.4 is 5.32 Å². The first kappa shape index (κ1) is 12.1. The van der Waals surface area contributed by atoms with Gasteiger partial charge in [-0.05, 0) is 27.3 Å². The molecular weight excluding hydrogens is 194 g/mol. The number of methoxy groups -OCH3 is 1. The third kappa shape index (κ3) is 2.54. The molecule has 0 spiro atoms. The zero-order valence-corrected chi connectivity index (χ0v) is 10.00. The minimum atomic E-state index is -0.308. The van der Waals surface area contributed by atoms with Crippen molar-refractivity contribution >= 4 is 0 Å². The summed E-state index contributed by atoms with van der Waals surface area (Å²) >= 11 is 0. The smallest absolute Gasteiger partial charge is 0.246 e. The average Bonchev–Trinajstić information content (AvgIpc) is 2.70. The molecule has 5 nitrogen and oxygen atoms in total. The summed E-state index contributed by atoms with van der Waals surface area (Å²) in [6.07, 6.45) is 0.741. The van der Waals surface area contributed by atoms with Gasteiger partial charge in [0.05, 0.1) is 5.54 Å². The standard InChI is InChI=1S/C10H19N3O2/c1-6-7(14-5)8-12-9(15-13-8)10(2,3)11-4/h7,11H,6H2,1-5H3. The highest BCUT2D eigenvalue weighted by Gasteiger charge is 2.27. The summed E-state index contributed by atoms with van der Waals surface area (Å²) in [5, 5.41) is 7.03. The molecule has 0 saturated carbocycles. The van der Waals surface area contributed by atoms with Crippen molar-refractivity contribution in [2.45, 2.75) is 38.8 Å². The van der Waals surface area contributed by atoms with E-state index in [1.54, 1.807) is 7.11 Å². The molecule has 1 atom stereocenters. The third-order valence-electron chi connectivity index (χ3n) is 2.54. The van der Waals surface area contributed by atoms with Gasteiger partial charge in [0.25, 0.3) is 0 Å². The lowest BCUT2D eigenvalue weighted by molar-refractivity contribution is 0.0903. The fourth-order valence-corrected chi connectivity index (χ4v) is 1.18. The van der Waals surface area contributed by atoms with Gasteiger partial charge in [-0.2, -0.15) is 4.98 Å². The van der Waals surface area contributed by atoms with Crippen molar-refractivity contribution in [2.24, 2.45) is 0 Å². The van der Waals surface area contributed by atoms with E-state index in [9.17, 15) is 0 Å². The van der Waals surface area contributed by atoms with Gasteiger partial charge in [-0.25, -0.2) is 0 Å². The largest absolute Gasteiger partial charge is 0.373 e. The summed E-state index contributed by atoms with van der Waals surface area (Å²) < 4.78 is 10.4. The number of nitrogens with one attached hydrogen (secondary N) is 1. The highest BCUT2D eigenvalue weighted by molar-refractivity contribution is 5.00. The Kier molecular flexibility index (Phi) is 3.82. The van der Waals surface area contributed by atoms with Crippen LogP contribution in [0.2, 0.25) is 0 Å². The third-order valence-corrected chi connectivity index (χ3v) is 2.54. The minimum Gasteiger partial charge on any atom is -0.373 e. The molecule has 0 radical (unpaired) electrons. The minimum absolute atomic E-state index is 0.0878. The van der Waals surface area contributed by atoms with E-state index in [4.69, 9.17) is 9.26 Å². The molecule has 0 aliphatic carbocycles. The van der Waals surface area contributed by atoms with Crippen LogP contribution in [0, 0.1) is 0 Å². The molecule has 0 aliphatic heterocycles. The monoisotopic (exact) mass is 213 g/mol. The van der Waals surface area contributed by atoms with E-state index in [0.717, 1.165) is 6.42 Å². The van der Waals surface area contributed by atoms with Crippen LogP contribution in [-0.4, -0.2) is 24.3 Å². The molecule has 1 aromatic rings. The number of hydrogen-bond acceptors (Lipinski definition) is 5. The highest BCUT2D eigenvalue weighted by atomic mass is 16.5. The second kappa shape index (κ2) is 4.72. The number of aromatic nitrogens is 2. The lowest BCUT2D eigenvalue weighted by Crippen LogP contribution is -2.33. The fourth-order valence-electron chi connectivity index (χ4n) is 1.18. The second-order valence-corrected chi connectivity index (χ2v) is 3.97. The molecule has 0 aromatic carbocycles. The van der Waals surface area contributed by atoms with Gasteiger partial charge >= 0.3 is 0 Å². The zero-order valence-electron chi connectivity index (χ0n) is 10.00. The average molecular weight is 213 g/mol. The Morgan fingerprint density at radius 1 is 1.53 bits per heavy atom. The predicted octanol–water partition coefficient (Wildman–Crippen LogP) is 1.62. The Morgan fingerprint density at radius 2 is 2.20 bits per heavy atom. The molecule has 0 saturated heterocycles. The summed E-state index contributed by atoms with van der Waals surface area (Å²) in [5.41, 5.74) is -0.308. The summed E-state index contributed by atoms with van der Waals surface area (Å²) in [5.74, 6) is 1.19. The van der Waals surface area contributed by atoms with Crippen molar-refractivity contribution in [1.29, 1.82) is 0 Å². The maximum atomic E-state index is 5.24. The van der Waals surface area contributed by atoms with E-state index in [1.165, 1.54) is 0 Å². The van der Waals surface area contributed by atoms with Gasteiger partial charge < -0.3 is 14.6 Å². The molecule has 1 aromatic heterocycles. The molecule has 5 heteroatoms. The van der Waals surface area contributed by atoms with Crippen molar-refractivity contribution in [1.82, 2.24) is 15.5 Å². The van der Waals surface area contributed by atoms with Gasteiger partial charge in [-0.1, -0.05) is 12.1 Å². The first-order valence-electron chi connectivity index (χ1n) is 5.11. The molecule has 0 bridgehead atoms. The molecule has 15 heavy (non-hydrogen) atoms. The van der Waals surface area contributed by atoms with Crippen molar-refractivity contribution in [2.75, 3.05) is 14.2 Å². The molecule has 0 amide bonds. The highest BCUT2D eigenvalue weighted by Crippen LogP contribution is 2.21. The van der Waals surface area contributed by atoms with E-state index < -0.39 is 0 Å². The zero-order chi connectivity index (χ0) is 11.5. The van der Waals surface area contributed by atoms with E-state index in [-0.39, 0.29) is 11.6 Å². The second-order valence-electron chi connectivity index (χ2n) is 3.97. The van der Waals surface area contributed by atoms with Gasteiger partial charge in [0, 0.05) is 7.11 Å². The number of hydrogen-bond donors (Lipinski definition) is 1. The van der Waals surface area contributed by atoms with Gasteiger partial charge in [-0.3, -0.25) is 0 Å². The fraction of sp³-hybridized carbons (Fsp3) is 0.800. The number of rotatable bonds is 5. The van der Waals surface area contributed by atoms with Crippen LogP contribution in [0.1, 0.15) is 45.0 Å². The summed E-state index contributed by atoms with van der Waals surface area (Å²) in [4.78, 5) is 4.33. The van der Waals surface area contributed by atoms with Crippen LogP contribution in [-0.2, 0) is 10.3 Å². The summed E-state index contributed by atoms with van der Waals surface area (Å²) in [6.45, 7) is 5.99. The molecule has 1 N–H and O–H groups in total. The normalized spacial score (nSPS) is 14.2. The van der Waals surface area contributed by atoms with Crippen LogP contribution >= 0.6 is 0 Å². The maximum absolute atomic E-state index is 5.24. The topological polar surface area (TPSA) is 60.2 Å². The number of nitrogens with zero attached hydrogens (tertiary/aromatic N) is 2. The Hall–Kier alpha value is -0.940. The van der Waals surface area contributed by atoms with Crippen LogP contribution in [0.25, 0.3) is 0 Å². The molecular formula is C10H19N3O2. The maximum Gasteiger partial charge on any atom is 0.246 e.